The van der Waals surface area contributed by atoms with Gasteiger partial charge in [-0.2, -0.15) is 13.2 Å². The maximum atomic E-state index is 14.9. The van der Waals surface area contributed by atoms with Crippen molar-refractivity contribution in [3.8, 4) is 22.8 Å². The molecule has 7 nitrogen and oxygen atoms in total. The Bertz CT molecular complexity index is 1470. The van der Waals surface area contributed by atoms with Crippen molar-refractivity contribution in [3.63, 3.8) is 0 Å². The first-order chi connectivity index (χ1) is 19.6. The lowest BCUT2D eigenvalue weighted by molar-refractivity contribution is -0.0795. The Morgan fingerprint density at radius 3 is 2.51 bits per heavy atom. The fourth-order valence-corrected chi connectivity index (χ4v) is 4.84. The van der Waals surface area contributed by atoms with Crippen LogP contribution in [0.1, 0.15) is 0 Å². The summed E-state index contributed by atoms with van der Waals surface area (Å²) in [7, 11) is 0. The molecule has 4 aromatic rings. The van der Waals surface area contributed by atoms with Crippen LogP contribution in [-0.2, 0) is 0 Å². The zero-order valence-corrected chi connectivity index (χ0v) is 23.5. The van der Waals surface area contributed by atoms with Crippen LogP contribution in [0.2, 0.25) is 5.02 Å². The number of nitrogens with zero attached hydrogens (tertiary/aromatic N) is 4. The van der Waals surface area contributed by atoms with Gasteiger partial charge in [0.1, 0.15) is 17.4 Å². The van der Waals surface area contributed by atoms with Crippen molar-refractivity contribution in [1.82, 2.24) is 20.3 Å². The van der Waals surface area contributed by atoms with Crippen molar-refractivity contribution in [2.75, 3.05) is 35.8 Å². The Morgan fingerprint density at radius 1 is 1.07 bits per heavy atom. The summed E-state index contributed by atoms with van der Waals surface area (Å²) in [5.74, 6) is -0.150. The molecule has 1 aliphatic heterocycles. The third-order valence-electron chi connectivity index (χ3n) is 5.40. The van der Waals surface area contributed by atoms with Gasteiger partial charge in [0, 0.05) is 60.5 Å². The molecule has 0 radical (unpaired) electrons. The molecule has 1 saturated heterocycles. The molecule has 2 aromatic carbocycles. The first kappa shape index (κ1) is 30.5. The minimum absolute atomic E-state index is 0.0625. The van der Waals surface area contributed by atoms with E-state index < -0.39 is 17.8 Å². The van der Waals surface area contributed by atoms with E-state index in [-0.39, 0.29) is 16.7 Å². The summed E-state index contributed by atoms with van der Waals surface area (Å²) >= 11 is 8.57. The molecular weight excluding hydrogens is 607 g/mol. The van der Waals surface area contributed by atoms with Crippen LogP contribution in [0.15, 0.2) is 71.0 Å². The molecule has 2 aromatic heterocycles. The van der Waals surface area contributed by atoms with Crippen LogP contribution in [-0.4, -0.2) is 47.3 Å². The number of ether oxygens (including phenoxy) is 1. The van der Waals surface area contributed by atoms with Crippen molar-refractivity contribution in [2.45, 2.75) is 11.1 Å². The smallest absolute Gasteiger partial charge is 0.409 e. The molecule has 2 N–H and O–H groups in total. The summed E-state index contributed by atoms with van der Waals surface area (Å²) in [5.41, 5.74) is 2.75. The van der Waals surface area contributed by atoms with E-state index in [2.05, 4.69) is 36.5 Å². The number of nitrogens with one attached hydrogen (secondary N) is 2. The summed E-state index contributed by atoms with van der Waals surface area (Å²) in [5, 5.41) is 5.52. The minimum Gasteiger partial charge on any atom is -0.453 e. The lowest BCUT2D eigenvalue weighted by atomic mass is 10.1. The number of anilines is 2. The quantitative estimate of drug-likeness (QED) is 0.123. The maximum absolute atomic E-state index is 14.9. The SMILES string of the molecule is C=CC(F)(F)F.Fc1cc(SNc2cscn2)c(F)cc1Oc1ccc(Cl)cc1-c1ccnc(N2CCNCC2)n1. The van der Waals surface area contributed by atoms with Crippen LogP contribution in [0.3, 0.4) is 0 Å². The first-order valence-corrected chi connectivity index (χ1v) is 14.0. The van der Waals surface area contributed by atoms with Crippen LogP contribution in [0, 0.1) is 11.6 Å². The highest BCUT2D eigenvalue weighted by molar-refractivity contribution is 8.00. The van der Waals surface area contributed by atoms with E-state index in [0.29, 0.717) is 33.8 Å². The third-order valence-corrected chi connectivity index (χ3v) is 7.06. The Kier molecular flexibility index (Phi) is 10.4. The van der Waals surface area contributed by atoms with Crippen molar-refractivity contribution >= 4 is 46.7 Å². The van der Waals surface area contributed by atoms with E-state index in [1.54, 1.807) is 41.4 Å². The minimum atomic E-state index is -4.19. The van der Waals surface area contributed by atoms with Gasteiger partial charge in [0.05, 0.1) is 16.1 Å². The molecule has 0 saturated carbocycles. The van der Waals surface area contributed by atoms with Crippen LogP contribution < -0.4 is 19.7 Å². The maximum Gasteiger partial charge on any atom is 0.409 e. The van der Waals surface area contributed by atoms with Crippen LogP contribution in [0.25, 0.3) is 11.3 Å². The monoisotopic (exact) mass is 628 g/mol. The van der Waals surface area contributed by atoms with Gasteiger partial charge < -0.3 is 19.7 Å². The molecule has 1 fully saturated rings. The molecule has 0 bridgehead atoms. The Hall–Kier alpha value is -3.46. The molecule has 0 unspecified atom stereocenters. The van der Waals surface area contributed by atoms with Gasteiger partial charge in [-0.1, -0.05) is 18.2 Å². The first-order valence-electron chi connectivity index (χ1n) is 11.9. The molecule has 0 atom stereocenters. The summed E-state index contributed by atoms with van der Waals surface area (Å²) in [6.45, 7) is 5.77. The van der Waals surface area contributed by atoms with Crippen molar-refractivity contribution in [2.24, 2.45) is 0 Å². The van der Waals surface area contributed by atoms with Gasteiger partial charge in [0.25, 0.3) is 0 Å². The molecule has 216 valence electrons. The highest BCUT2D eigenvalue weighted by atomic mass is 35.5. The van der Waals surface area contributed by atoms with Gasteiger partial charge in [-0.25, -0.2) is 23.7 Å². The van der Waals surface area contributed by atoms with Gasteiger partial charge in [0.15, 0.2) is 11.6 Å². The number of allylic oxidation sites excluding steroid dienone is 1. The van der Waals surface area contributed by atoms with Crippen LogP contribution in [0.5, 0.6) is 11.5 Å². The number of aromatic nitrogens is 3. The van der Waals surface area contributed by atoms with Crippen molar-refractivity contribution in [1.29, 1.82) is 0 Å². The standard InChI is InChI=1S/C23H19ClF2N6OS2.C3H3F3/c24-14-1-2-19(15(9-14)18-3-4-28-23(30-18)32-7-5-27-6-8-32)33-20-10-17(26)21(11-16(20)25)35-31-22-12-34-13-29-22;1-2-3(4,5)6/h1-4,9-13,27,31H,5-8H2;2H,1H2. The number of halogens is 6. The van der Waals surface area contributed by atoms with Crippen LogP contribution >= 0.6 is 34.9 Å². The number of benzene rings is 2. The van der Waals surface area contributed by atoms with E-state index in [1.165, 1.54) is 11.3 Å². The van der Waals surface area contributed by atoms with Gasteiger partial charge in [-0.3, -0.25) is 0 Å². The second-order valence-electron chi connectivity index (χ2n) is 8.26. The van der Waals surface area contributed by atoms with E-state index in [4.69, 9.17) is 16.3 Å². The molecule has 41 heavy (non-hydrogen) atoms. The molecule has 0 amide bonds. The van der Waals surface area contributed by atoms with E-state index in [0.717, 1.165) is 50.3 Å². The molecular formula is C26H22ClF5N6OS2. The number of rotatable bonds is 7. The van der Waals surface area contributed by atoms with Gasteiger partial charge in [0.2, 0.25) is 5.95 Å². The van der Waals surface area contributed by atoms with Crippen molar-refractivity contribution in [3.05, 3.63) is 82.8 Å². The second kappa shape index (κ2) is 13.9. The van der Waals surface area contributed by atoms with Gasteiger partial charge in [-0.05, 0) is 42.3 Å². The Morgan fingerprint density at radius 2 is 1.83 bits per heavy atom. The lowest BCUT2D eigenvalue weighted by Crippen LogP contribution is -2.44. The molecule has 0 spiro atoms. The van der Waals surface area contributed by atoms with E-state index in [9.17, 15) is 22.0 Å². The van der Waals surface area contributed by atoms with Crippen molar-refractivity contribution < 1.29 is 26.7 Å². The molecule has 1 aliphatic rings. The third kappa shape index (κ3) is 8.76. The summed E-state index contributed by atoms with van der Waals surface area (Å²) in [6, 6.07) is 8.73. The average Bonchev–Trinajstić information content (AvgIpc) is 3.49. The second-order valence-corrected chi connectivity index (χ2v) is 10.3. The highest BCUT2D eigenvalue weighted by Gasteiger charge is 2.20. The van der Waals surface area contributed by atoms with Crippen LogP contribution in [0.4, 0.5) is 33.7 Å². The molecule has 15 heteroatoms. The predicted molar refractivity (Wildman–Crippen MR) is 152 cm³/mol. The Labute approximate surface area is 245 Å². The zero-order valence-electron chi connectivity index (χ0n) is 21.1. The number of alkyl halides is 3. The fourth-order valence-electron chi connectivity index (χ4n) is 3.46. The predicted octanol–water partition coefficient (Wildman–Crippen LogP) is 7.59. The molecule has 0 aliphatic carbocycles. The normalized spacial score (nSPS) is 13.3. The summed E-state index contributed by atoms with van der Waals surface area (Å²) in [4.78, 5) is 15.3. The highest BCUT2D eigenvalue weighted by Crippen LogP contribution is 2.37. The van der Waals surface area contributed by atoms with E-state index >= 15 is 0 Å². The number of piperazine rings is 1. The summed E-state index contributed by atoms with van der Waals surface area (Å²) in [6.07, 6.45) is -2.60. The number of hydrogen-bond donors (Lipinski definition) is 2. The molecule has 3 heterocycles. The lowest BCUT2D eigenvalue weighted by Gasteiger charge is -2.27. The summed E-state index contributed by atoms with van der Waals surface area (Å²) < 4.78 is 70.3. The van der Waals surface area contributed by atoms with Gasteiger partial charge in [-0.15, -0.1) is 11.3 Å². The average molecular weight is 629 g/mol. The number of hydrogen-bond acceptors (Lipinski definition) is 9. The van der Waals surface area contributed by atoms with Gasteiger partial charge >= 0.3 is 6.18 Å². The number of thiazole rings is 1. The Balaban J connectivity index is 0.000000585. The topological polar surface area (TPSA) is 75.2 Å². The molecule has 5 rings (SSSR count). The largest absolute Gasteiger partial charge is 0.453 e. The zero-order chi connectivity index (χ0) is 29.4. The van der Waals surface area contributed by atoms with E-state index in [1.807, 2.05) is 0 Å². The fraction of sp³-hybridized carbons (Fsp3) is 0.192.